The number of hydrogen-bond donors (Lipinski definition) is 1. The van der Waals surface area contributed by atoms with Crippen LogP contribution in [0.1, 0.15) is 22.8 Å². The lowest BCUT2D eigenvalue weighted by atomic mass is 10.0. The minimum atomic E-state index is -0.155. The lowest BCUT2D eigenvalue weighted by molar-refractivity contribution is 0.102. The van der Waals surface area contributed by atoms with Crippen LogP contribution in [0, 0.1) is 0 Å². The van der Waals surface area contributed by atoms with Gasteiger partial charge < -0.3 is 5.32 Å². The summed E-state index contributed by atoms with van der Waals surface area (Å²) >= 11 is 6.00. The van der Waals surface area contributed by atoms with E-state index in [4.69, 9.17) is 16.6 Å². The molecule has 0 radical (unpaired) electrons. The number of hydrogen-bond acceptors (Lipinski definition) is 2. The molecule has 1 N–H and O–H groups in total. The molecule has 3 nitrogen and oxygen atoms in total. The van der Waals surface area contributed by atoms with E-state index in [0.29, 0.717) is 10.6 Å². The molecule has 4 heteroatoms. The van der Waals surface area contributed by atoms with Crippen LogP contribution in [-0.4, -0.2) is 10.9 Å². The number of halogens is 1. The van der Waals surface area contributed by atoms with E-state index in [1.807, 2.05) is 78.9 Å². The van der Waals surface area contributed by atoms with Gasteiger partial charge in [0.1, 0.15) is 0 Å². The molecule has 4 rings (SSSR count). The summed E-state index contributed by atoms with van der Waals surface area (Å²) in [4.78, 5) is 17.8. The second-order valence-corrected chi connectivity index (χ2v) is 7.02. The highest BCUT2D eigenvalue weighted by Gasteiger charge is 2.14. The summed E-state index contributed by atoms with van der Waals surface area (Å²) in [5.74, 6) is -0.155. The van der Waals surface area contributed by atoms with Gasteiger partial charge in [-0.25, -0.2) is 4.98 Å². The predicted molar refractivity (Wildman–Crippen MR) is 116 cm³/mol. The summed E-state index contributed by atoms with van der Waals surface area (Å²) in [5.41, 5.74) is 5.03. The Bertz CT molecular complexity index is 1140. The number of pyridine rings is 1. The van der Waals surface area contributed by atoms with Gasteiger partial charge in [-0.2, -0.15) is 0 Å². The molecule has 1 aromatic heterocycles. The van der Waals surface area contributed by atoms with Crippen molar-refractivity contribution in [2.24, 2.45) is 0 Å². The number of nitrogens with one attached hydrogen (secondary N) is 1. The number of aryl methyl sites for hydroxylation is 1. The van der Waals surface area contributed by atoms with Crippen molar-refractivity contribution in [2.75, 3.05) is 5.32 Å². The normalized spacial score (nSPS) is 10.8. The van der Waals surface area contributed by atoms with E-state index >= 15 is 0 Å². The standard InChI is InChI=1S/C24H19ClN2O/c1-2-16-7-13-19(14-8-16)26-24(28)21-15-23(17-9-11-18(25)12-10-17)27-22-6-4-3-5-20(21)22/h3-15H,2H2,1H3,(H,26,28). The molecule has 4 aromatic rings. The average Bonchev–Trinajstić information content (AvgIpc) is 2.74. The smallest absolute Gasteiger partial charge is 0.256 e. The van der Waals surface area contributed by atoms with Crippen LogP contribution in [0.4, 0.5) is 5.69 Å². The summed E-state index contributed by atoms with van der Waals surface area (Å²) in [7, 11) is 0. The van der Waals surface area contributed by atoms with E-state index in [2.05, 4.69) is 12.2 Å². The first-order valence-electron chi connectivity index (χ1n) is 9.20. The van der Waals surface area contributed by atoms with Gasteiger partial charge in [0, 0.05) is 21.7 Å². The highest BCUT2D eigenvalue weighted by Crippen LogP contribution is 2.26. The van der Waals surface area contributed by atoms with Crippen molar-refractivity contribution in [3.63, 3.8) is 0 Å². The SMILES string of the molecule is CCc1ccc(NC(=O)c2cc(-c3ccc(Cl)cc3)nc3ccccc23)cc1. The molecule has 28 heavy (non-hydrogen) atoms. The maximum Gasteiger partial charge on any atom is 0.256 e. The van der Waals surface area contributed by atoms with E-state index in [9.17, 15) is 4.79 Å². The third kappa shape index (κ3) is 3.75. The zero-order valence-corrected chi connectivity index (χ0v) is 16.2. The molecular formula is C24H19ClN2O. The Hall–Kier alpha value is -3.17. The van der Waals surface area contributed by atoms with E-state index in [1.165, 1.54) is 5.56 Å². The molecule has 0 fully saturated rings. The first-order valence-corrected chi connectivity index (χ1v) is 9.58. The largest absolute Gasteiger partial charge is 0.322 e. The van der Waals surface area contributed by atoms with Gasteiger partial charge in [0.25, 0.3) is 5.91 Å². The maximum absolute atomic E-state index is 13.1. The fraction of sp³-hybridized carbons (Fsp3) is 0.0833. The number of fused-ring (bicyclic) bond motifs is 1. The van der Waals surface area contributed by atoms with Gasteiger partial charge in [-0.3, -0.25) is 4.79 Å². The number of benzene rings is 3. The van der Waals surface area contributed by atoms with Gasteiger partial charge >= 0.3 is 0 Å². The van der Waals surface area contributed by atoms with Crippen molar-refractivity contribution in [3.8, 4) is 11.3 Å². The molecule has 0 aliphatic carbocycles. The first kappa shape index (κ1) is 18.2. The van der Waals surface area contributed by atoms with Gasteiger partial charge in [-0.05, 0) is 48.4 Å². The van der Waals surface area contributed by atoms with Crippen molar-refractivity contribution >= 4 is 34.1 Å². The lowest BCUT2D eigenvalue weighted by Gasteiger charge is -2.11. The second kappa shape index (κ2) is 7.83. The Kier molecular flexibility index (Phi) is 5.09. The summed E-state index contributed by atoms with van der Waals surface area (Å²) in [6, 6.07) is 24.9. The first-order chi connectivity index (χ1) is 13.6. The van der Waals surface area contributed by atoms with Crippen LogP contribution in [0.15, 0.2) is 78.9 Å². The van der Waals surface area contributed by atoms with Crippen LogP contribution in [0.2, 0.25) is 5.02 Å². The van der Waals surface area contributed by atoms with Gasteiger partial charge in [0.2, 0.25) is 0 Å². The molecule has 1 heterocycles. The van der Waals surface area contributed by atoms with Crippen molar-refractivity contribution in [1.29, 1.82) is 0 Å². The lowest BCUT2D eigenvalue weighted by Crippen LogP contribution is -2.13. The van der Waals surface area contributed by atoms with Gasteiger partial charge in [0.05, 0.1) is 16.8 Å². The van der Waals surface area contributed by atoms with Crippen molar-refractivity contribution in [3.05, 3.63) is 95.0 Å². The molecular weight excluding hydrogens is 368 g/mol. The molecule has 3 aromatic carbocycles. The summed E-state index contributed by atoms with van der Waals surface area (Å²) < 4.78 is 0. The molecule has 0 bridgehead atoms. The molecule has 138 valence electrons. The molecule has 0 saturated carbocycles. The Morgan fingerprint density at radius 3 is 2.39 bits per heavy atom. The molecule has 0 atom stereocenters. The monoisotopic (exact) mass is 386 g/mol. The molecule has 0 spiro atoms. The number of aromatic nitrogens is 1. The Labute approximate surface area is 169 Å². The van der Waals surface area contributed by atoms with Gasteiger partial charge in [0.15, 0.2) is 0 Å². The Morgan fingerprint density at radius 2 is 1.68 bits per heavy atom. The third-order valence-electron chi connectivity index (χ3n) is 4.72. The highest BCUT2D eigenvalue weighted by atomic mass is 35.5. The topological polar surface area (TPSA) is 42.0 Å². The van der Waals surface area contributed by atoms with Gasteiger partial charge in [-0.1, -0.05) is 61.0 Å². The van der Waals surface area contributed by atoms with Crippen LogP contribution in [0.3, 0.4) is 0 Å². The molecule has 0 unspecified atom stereocenters. The van der Waals surface area contributed by atoms with E-state index in [0.717, 1.165) is 34.3 Å². The predicted octanol–water partition coefficient (Wildman–Crippen LogP) is 6.37. The molecule has 1 amide bonds. The number of anilines is 1. The van der Waals surface area contributed by atoms with Crippen LogP contribution in [0.25, 0.3) is 22.2 Å². The van der Waals surface area contributed by atoms with Crippen LogP contribution in [-0.2, 0) is 6.42 Å². The molecule has 0 aliphatic rings. The highest BCUT2D eigenvalue weighted by molar-refractivity contribution is 6.30. The number of nitrogens with zero attached hydrogens (tertiary/aromatic N) is 1. The number of carbonyl (C=O) groups is 1. The second-order valence-electron chi connectivity index (χ2n) is 6.58. The fourth-order valence-electron chi connectivity index (χ4n) is 3.15. The van der Waals surface area contributed by atoms with Crippen molar-refractivity contribution < 1.29 is 4.79 Å². The fourth-order valence-corrected chi connectivity index (χ4v) is 3.28. The quantitative estimate of drug-likeness (QED) is 0.442. The van der Waals surface area contributed by atoms with E-state index < -0.39 is 0 Å². The average molecular weight is 387 g/mol. The maximum atomic E-state index is 13.1. The summed E-state index contributed by atoms with van der Waals surface area (Å²) in [5, 5.41) is 4.49. The van der Waals surface area contributed by atoms with Crippen LogP contribution in [0.5, 0.6) is 0 Å². The Morgan fingerprint density at radius 1 is 0.964 bits per heavy atom. The van der Waals surface area contributed by atoms with Crippen LogP contribution >= 0.6 is 11.6 Å². The number of amides is 1. The number of para-hydroxylation sites is 1. The van der Waals surface area contributed by atoms with E-state index in [-0.39, 0.29) is 5.91 Å². The summed E-state index contributed by atoms with van der Waals surface area (Å²) in [6.07, 6.45) is 0.966. The van der Waals surface area contributed by atoms with Crippen molar-refractivity contribution in [1.82, 2.24) is 4.98 Å². The zero-order chi connectivity index (χ0) is 19.5. The van der Waals surface area contributed by atoms with Gasteiger partial charge in [-0.15, -0.1) is 0 Å². The molecule has 0 saturated heterocycles. The van der Waals surface area contributed by atoms with E-state index in [1.54, 1.807) is 0 Å². The van der Waals surface area contributed by atoms with Crippen molar-refractivity contribution in [2.45, 2.75) is 13.3 Å². The molecule has 0 aliphatic heterocycles. The minimum absolute atomic E-state index is 0.155. The Balaban J connectivity index is 1.75. The number of carbonyl (C=O) groups excluding carboxylic acids is 1. The minimum Gasteiger partial charge on any atom is -0.322 e. The third-order valence-corrected chi connectivity index (χ3v) is 4.97. The van der Waals surface area contributed by atoms with Crippen LogP contribution < -0.4 is 5.32 Å². The summed E-state index contributed by atoms with van der Waals surface area (Å²) in [6.45, 7) is 2.11. The zero-order valence-electron chi connectivity index (χ0n) is 15.4. The number of rotatable bonds is 4.